The van der Waals surface area contributed by atoms with E-state index in [4.69, 9.17) is 9.15 Å². The highest BCUT2D eigenvalue weighted by Gasteiger charge is 2.24. The van der Waals surface area contributed by atoms with Gasteiger partial charge >= 0.3 is 5.97 Å². The van der Waals surface area contributed by atoms with Crippen molar-refractivity contribution in [2.24, 2.45) is 0 Å². The maximum absolute atomic E-state index is 12.9. The standard InChI is InChI=1S/C26H23N3O4/c1-32-26(31)20-9-7-19(8-10-20)24-12-11-23(33-24)17-21(18-27)25(30)29-15-13-28(14-16-29)22-5-3-2-4-6-22/h2-12,17H,13-16H2,1H3/b21-17-. The number of anilines is 1. The van der Waals surface area contributed by atoms with Crippen LogP contribution in [0.4, 0.5) is 5.69 Å². The van der Waals surface area contributed by atoms with Gasteiger partial charge in [0.25, 0.3) is 5.91 Å². The van der Waals surface area contributed by atoms with Gasteiger partial charge in [-0.3, -0.25) is 4.79 Å². The van der Waals surface area contributed by atoms with E-state index in [1.165, 1.54) is 13.2 Å². The van der Waals surface area contributed by atoms with E-state index in [2.05, 4.69) is 17.0 Å². The Balaban J connectivity index is 1.43. The van der Waals surface area contributed by atoms with E-state index in [-0.39, 0.29) is 11.5 Å². The molecule has 0 radical (unpaired) electrons. The summed E-state index contributed by atoms with van der Waals surface area (Å²) < 4.78 is 10.5. The minimum atomic E-state index is -0.411. The van der Waals surface area contributed by atoms with Crippen LogP contribution in [0.15, 0.2) is 76.7 Å². The first kappa shape index (κ1) is 21.9. The minimum Gasteiger partial charge on any atom is -0.465 e. The van der Waals surface area contributed by atoms with Crippen molar-refractivity contribution in [3.63, 3.8) is 0 Å². The average Bonchev–Trinajstić information content (AvgIpc) is 3.36. The lowest BCUT2D eigenvalue weighted by Gasteiger charge is -2.36. The fraction of sp³-hybridized carbons (Fsp3) is 0.192. The van der Waals surface area contributed by atoms with Crippen molar-refractivity contribution in [1.29, 1.82) is 5.26 Å². The zero-order valence-electron chi connectivity index (χ0n) is 18.2. The number of carbonyl (C=O) groups excluding carboxylic acids is 2. The third-order valence-electron chi connectivity index (χ3n) is 5.54. The summed E-state index contributed by atoms with van der Waals surface area (Å²) in [7, 11) is 1.33. The smallest absolute Gasteiger partial charge is 0.337 e. The average molecular weight is 441 g/mol. The fourth-order valence-electron chi connectivity index (χ4n) is 3.73. The molecule has 2 aromatic carbocycles. The molecule has 0 N–H and O–H groups in total. The number of rotatable bonds is 5. The summed E-state index contributed by atoms with van der Waals surface area (Å²) in [4.78, 5) is 28.4. The van der Waals surface area contributed by atoms with Gasteiger partial charge in [-0.1, -0.05) is 30.3 Å². The molecule has 0 saturated carbocycles. The largest absolute Gasteiger partial charge is 0.465 e. The zero-order chi connectivity index (χ0) is 23.2. The Bertz CT molecular complexity index is 1200. The molecule has 0 spiro atoms. The van der Waals surface area contributed by atoms with Crippen LogP contribution < -0.4 is 4.90 Å². The summed E-state index contributed by atoms with van der Waals surface area (Å²) in [6.45, 7) is 2.51. The number of esters is 1. The second-order valence-corrected chi connectivity index (χ2v) is 7.56. The maximum Gasteiger partial charge on any atom is 0.337 e. The minimum absolute atomic E-state index is 0.0325. The van der Waals surface area contributed by atoms with Gasteiger partial charge in [-0.2, -0.15) is 5.26 Å². The van der Waals surface area contributed by atoms with E-state index in [9.17, 15) is 14.9 Å². The Labute approximate surface area is 192 Å². The van der Waals surface area contributed by atoms with Crippen LogP contribution >= 0.6 is 0 Å². The SMILES string of the molecule is COC(=O)c1ccc(-c2ccc(/C=C(/C#N)C(=O)N3CCN(c4ccccc4)CC3)o2)cc1. The molecule has 2 heterocycles. The summed E-state index contributed by atoms with van der Waals surface area (Å²) in [6.07, 6.45) is 1.47. The summed E-state index contributed by atoms with van der Waals surface area (Å²) in [5, 5.41) is 9.59. The monoisotopic (exact) mass is 441 g/mol. The quantitative estimate of drug-likeness (QED) is 0.338. The zero-order valence-corrected chi connectivity index (χ0v) is 18.2. The number of benzene rings is 2. The van der Waals surface area contributed by atoms with Crippen LogP contribution in [-0.4, -0.2) is 50.1 Å². The third kappa shape index (κ3) is 4.96. The Morgan fingerprint density at radius 3 is 2.30 bits per heavy atom. The van der Waals surface area contributed by atoms with E-state index in [0.29, 0.717) is 43.3 Å². The molecule has 0 unspecified atom stereocenters. The van der Waals surface area contributed by atoms with E-state index >= 15 is 0 Å². The van der Waals surface area contributed by atoms with Gasteiger partial charge < -0.3 is 19.0 Å². The van der Waals surface area contributed by atoms with Gasteiger partial charge in [0.15, 0.2) is 0 Å². The lowest BCUT2D eigenvalue weighted by atomic mass is 10.1. The van der Waals surface area contributed by atoms with E-state index < -0.39 is 5.97 Å². The molecule has 7 heteroatoms. The molecule has 4 rings (SSSR count). The van der Waals surface area contributed by atoms with Gasteiger partial charge in [-0.05, 0) is 36.4 Å². The number of hydrogen-bond acceptors (Lipinski definition) is 6. The summed E-state index contributed by atoms with van der Waals surface area (Å²) in [5.74, 6) is 0.269. The third-order valence-corrected chi connectivity index (χ3v) is 5.54. The molecule has 3 aromatic rings. The molecule has 7 nitrogen and oxygen atoms in total. The summed E-state index contributed by atoms with van der Waals surface area (Å²) in [5.41, 5.74) is 2.37. The van der Waals surface area contributed by atoms with Crippen molar-refractivity contribution < 1.29 is 18.7 Å². The molecule has 33 heavy (non-hydrogen) atoms. The van der Waals surface area contributed by atoms with Crippen molar-refractivity contribution in [1.82, 2.24) is 4.90 Å². The molecule has 1 fully saturated rings. The molecule has 1 saturated heterocycles. The molecule has 0 aliphatic carbocycles. The lowest BCUT2D eigenvalue weighted by Crippen LogP contribution is -2.49. The molecule has 1 aliphatic rings. The lowest BCUT2D eigenvalue weighted by molar-refractivity contribution is -0.126. The number of nitrogens with zero attached hydrogens (tertiary/aromatic N) is 3. The Hall–Kier alpha value is -4.31. The predicted molar refractivity (Wildman–Crippen MR) is 124 cm³/mol. The first-order valence-corrected chi connectivity index (χ1v) is 10.6. The molecule has 0 atom stereocenters. The highest BCUT2D eigenvalue weighted by molar-refractivity contribution is 6.01. The summed E-state index contributed by atoms with van der Waals surface area (Å²) in [6, 6.07) is 22.4. The van der Waals surface area contributed by atoms with Crippen LogP contribution in [0.3, 0.4) is 0 Å². The van der Waals surface area contributed by atoms with Gasteiger partial charge in [0, 0.05) is 43.5 Å². The molecule has 0 bridgehead atoms. The molecule has 1 aliphatic heterocycles. The predicted octanol–water partition coefficient (Wildman–Crippen LogP) is 3.99. The number of amides is 1. The van der Waals surface area contributed by atoms with Crippen molar-refractivity contribution in [2.45, 2.75) is 0 Å². The molecular weight excluding hydrogens is 418 g/mol. The van der Waals surface area contributed by atoms with E-state index in [0.717, 1.165) is 11.3 Å². The summed E-state index contributed by atoms with van der Waals surface area (Å²) >= 11 is 0. The molecule has 1 aromatic heterocycles. The van der Waals surface area contributed by atoms with Crippen LogP contribution in [0.2, 0.25) is 0 Å². The highest BCUT2D eigenvalue weighted by atomic mass is 16.5. The van der Waals surface area contributed by atoms with Crippen molar-refractivity contribution >= 4 is 23.6 Å². The van der Waals surface area contributed by atoms with Crippen LogP contribution in [0.25, 0.3) is 17.4 Å². The number of piperazine rings is 1. The number of carbonyl (C=O) groups is 2. The number of ether oxygens (including phenoxy) is 1. The fourth-order valence-corrected chi connectivity index (χ4v) is 3.73. The second-order valence-electron chi connectivity index (χ2n) is 7.56. The van der Waals surface area contributed by atoms with Crippen molar-refractivity contribution in [3.8, 4) is 17.4 Å². The Kier molecular flexibility index (Phi) is 6.56. The number of hydrogen-bond donors (Lipinski definition) is 0. The van der Waals surface area contributed by atoms with Gasteiger partial charge in [-0.25, -0.2) is 4.79 Å². The van der Waals surface area contributed by atoms with Crippen LogP contribution in [0, 0.1) is 11.3 Å². The number of nitriles is 1. The van der Waals surface area contributed by atoms with Gasteiger partial charge in [0.05, 0.1) is 12.7 Å². The van der Waals surface area contributed by atoms with Crippen molar-refractivity contribution in [3.05, 3.63) is 83.6 Å². The number of furan rings is 1. The van der Waals surface area contributed by atoms with E-state index in [1.54, 1.807) is 41.3 Å². The molecular formula is C26H23N3O4. The second kappa shape index (κ2) is 9.88. The topological polar surface area (TPSA) is 86.8 Å². The van der Waals surface area contributed by atoms with Gasteiger partial charge in [-0.15, -0.1) is 0 Å². The van der Waals surface area contributed by atoms with Crippen LogP contribution in [0.1, 0.15) is 16.1 Å². The Morgan fingerprint density at radius 1 is 0.970 bits per heavy atom. The number of methoxy groups -OCH3 is 1. The molecule has 1 amide bonds. The van der Waals surface area contributed by atoms with Crippen LogP contribution in [0.5, 0.6) is 0 Å². The van der Waals surface area contributed by atoms with Crippen LogP contribution in [-0.2, 0) is 9.53 Å². The molecule has 166 valence electrons. The highest BCUT2D eigenvalue weighted by Crippen LogP contribution is 2.24. The van der Waals surface area contributed by atoms with Crippen molar-refractivity contribution in [2.75, 3.05) is 38.2 Å². The van der Waals surface area contributed by atoms with Gasteiger partial charge in [0.2, 0.25) is 0 Å². The normalized spacial score (nSPS) is 14.0. The van der Waals surface area contributed by atoms with Gasteiger partial charge in [0.1, 0.15) is 23.2 Å². The Morgan fingerprint density at radius 2 is 1.67 bits per heavy atom. The maximum atomic E-state index is 12.9. The van der Waals surface area contributed by atoms with E-state index in [1.807, 2.05) is 24.3 Å². The number of para-hydroxylation sites is 1. The first-order chi connectivity index (χ1) is 16.1. The first-order valence-electron chi connectivity index (χ1n) is 10.6.